The van der Waals surface area contributed by atoms with Crippen LogP contribution in [0.4, 0.5) is 5.69 Å². The number of halogens is 2. The van der Waals surface area contributed by atoms with E-state index in [1.807, 2.05) is 12.1 Å². The Morgan fingerprint density at radius 3 is 2.64 bits per heavy atom. The van der Waals surface area contributed by atoms with Gasteiger partial charge in [0.05, 0.1) is 17.3 Å². The molecule has 146 valence electrons. The predicted octanol–water partition coefficient (Wildman–Crippen LogP) is 5.07. The third-order valence-corrected chi connectivity index (χ3v) is 4.56. The maximum atomic E-state index is 12.6. The molecule has 0 fully saturated rings. The second kappa shape index (κ2) is 8.65. The van der Waals surface area contributed by atoms with Crippen LogP contribution in [0.25, 0.3) is 11.0 Å². The van der Waals surface area contributed by atoms with E-state index < -0.39 is 18.0 Å². The van der Waals surface area contributed by atoms with Gasteiger partial charge in [-0.2, -0.15) is 0 Å². The summed E-state index contributed by atoms with van der Waals surface area (Å²) >= 11 is 11.9. The number of ether oxygens (including phenoxy) is 2. The Morgan fingerprint density at radius 1 is 1.18 bits per heavy atom. The minimum atomic E-state index is -1.08. The summed E-state index contributed by atoms with van der Waals surface area (Å²) in [7, 11) is 1.52. The fraction of sp³-hybridized carbons (Fsp3) is 0.200. The van der Waals surface area contributed by atoms with Gasteiger partial charge < -0.3 is 19.2 Å². The zero-order chi connectivity index (χ0) is 20.3. The van der Waals surface area contributed by atoms with E-state index in [1.165, 1.54) is 20.1 Å². The second-order valence-corrected chi connectivity index (χ2v) is 6.84. The first-order chi connectivity index (χ1) is 13.4. The van der Waals surface area contributed by atoms with E-state index in [0.29, 0.717) is 21.9 Å². The highest BCUT2D eigenvalue weighted by atomic mass is 35.5. The van der Waals surface area contributed by atoms with Crippen LogP contribution in [0.2, 0.25) is 10.0 Å². The van der Waals surface area contributed by atoms with Crippen LogP contribution >= 0.6 is 23.2 Å². The van der Waals surface area contributed by atoms with Gasteiger partial charge >= 0.3 is 5.97 Å². The van der Waals surface area contributed by atoms with E-state index in [2.05, 4.69) is 5.32 Å². The van der Waals surface area contributed by atoms with Crippen molar-refractivity contribution in [2.45, 2.75) is 19.6 Å². The molecule has 8 heteroatoms. The molecule has 0 aliphatic heterocycles. The van der Waals surface area contributed by atoms with Crippen LogP contribution in [-0.4, -0.2) is 25.1 Å². The van der Waals surface area contributed by atoms with Gasteiger partial charge in [-0.3, -0.25) is 4.79 Å². The van der Waals surface area contributed by atoms with Crippen molar-refractivity contribution in [2.24, 2.45) is 0 Å². The number of rotatable bonds is 6. The number of carbonyl (C=O) groups is 2. The number of benzene rings is 2. The molecule has 0 bridgehead atoms. The van der Waals surface area contributed by atoms with Crippen LogP contribution in [0.1, 0.15) is 23.0 Å². The highest BCUT2D eigenvalue weighted by Gasteiger charge is 2.26. The standard InChI is InChI=1S/C20H17Cl2NO5/c1-11(19(24)23-16-8-7-12(21)9-15(16)22)27-20(25)18-14(10-26-2)13-5-3-4-6-17(13)28-18/h3-9,11H,10H2,1-2H3,(H,23,24). The molecule has 0 aliphatic rings. The minimum Gasteiger partial charge on any atom is -0.449 e. The number of amides is 1. The zero-order valence-electron chi connectivity index (χ0n) is 15.1. The highest BCUT2D eigenvalue weighted by molar-refractivity contribution is 6.36. The fourth-order valence-corrected chi connectivity index (χ4v) is 3.10. The summed E-state index contributed by atoms with van der Waals surface area (Å²) in [5.41, 5.74) is 1.46. The van der Waals surface area contributed by atoms with Crippen molar-refractivity contribution in [1.29, 1.82) is 0 Å². The van der Waals surface area contributed by atoms with E-state index in [1.54, 1.807) is 24.3 Å². The van der Waals surface area contributed by atoms with Gasteiger partial charge in [0.15, 0.2) is 6.10 Å². The lowest BCUT2D eigenvalue weighted by molar-refractivity contribution is -0.123. The van der Waals surface area contributed by atoms with Gasteiger partial charge in [-0.15, -0.1) is 0 Å². The number of anilines is 1. The lowest BCUT2D eigenvalue weighted by Gasteiger charge is -2.14. The van der Waals surface area contributed by atoms with Crippen LogP contribution in [0.3, 0.4) is 0 Å². The fourth-order valence-electron chi connectivity index (χ4n) is 2.64. The number of hydrogen-bond donors (Lipinski definition) is 1. The number of hydrogen-bond acceptors (Lipinski definition) is 5. The molecule has 1 aromatic heterocycles. The van der Waals surface area contributed by atoms with Crippen molar-refractivity contribution < 1.29 is 23.5 Å². The Balaban J connectivity index is 1.76. The molecule has 1 unspecified atom stereocenters. The molecule has 28 heavy (non-hydrogen) atoms. The number of carbonyl (C=O) groups excluding carboxylic acids is 2. The van der Waals surface area contributed by atoms with Crippen molar-refractivity contribution in [2.75, 3.05) is 12.4 Å². The number of methoxy groups -OCH3 is 1. The molecule has 0 spiro atoms. The predicted molar refractivity (Wildman–Crippen MR) is 107 cm³/mol. The van der Waals surface area contributed by atoms with Gasteiger partial charge in [-0.05, 0) is 31.2 Å². The van der Waals surface area contributed by atoms with E-state index in [9.17, 15) is 9.59 Å². The first kappa shape index (κ1) is 20.2. The number of furan rings is 1. The second-order valence-electron chi connectivity index (χ2n) is 6.00. The van der Waals surface area contributed by atoms with Crippen molar-refractivity contribution in [3.8, 4) is 0 Å². The van der Waals surface area contributed by atoms with Gasteiger partial charge in [-0.25, -0.2) is 4.79 Å². The first-order valence-corrected chi connectivity index (χ1v) is 9.12. The average Bonchev–Trinajstić information content (AvgIpc) is 3.03. The van der Waals surface area contributed by atoms with Gasteiger partial charge in [0.2, 0.25) is 5.76 Å². The number of esters is 1. The maximum Gasteiger partial charge on any atom is 0.375 e. The quantitative estimate of drug-likeness (QED) is 0.562. The van der Waals surface area contributed by atoms with Gasteiger partial charge in [0.25, 0.3) is 5.91 Å². The van der Waals surface area contributed by atoms with E-state index in [0.717, 1.165) is 5.39 Å². The Kier molecular flexibility index (Phi) is 6.24. The Labute approximate surface area is 171 Å². The summed E-state index contributed by atoms with van der Waals surface area (Å²) in [5.74, 6) is -1.29. The molecule has 2 aromatic carbocycles. The van der Waals surface area contributed by atoms with Gasteiger partial charge in [0, 0.05) is 23.1 Å². The van der Waals surface area contributed by atoms with E-state index in [-0.39, 0.29) is 17.4 Å². The molecular weight excluding hydrogens is 405 g/mol. The highest BCUT2D eigenvalue weighted by Crippen LogP contribution is 2.28. The zero-order valence-corrected chi connectivity index (χ0v) is 16.6. The smallest absolute Gasteiger partial charge is 0.375 e. The molecule has 3 rings (SSSR count). The topological polar surface area (TPSA) is 77.8 Å². The van der Waals surface area contributed by atoms with Crippen molar-refractivity contribution in [1.82, 2.24) is 0 Å². The van der Waals surface area contributed by atoms with Crippen molar-refractivity contribution >= 4 is 51.7 Å². The number of para-hydroxylation sites is 1. The van der Waals surface area contributed by atoms with Crippen molar-refractivity contribution in [3.63, 3.8) is 0 Å². The monoisotopic (exact) mass is 421 g/mol. The van der Waals surface area contributed by atoms with Crippen LogP contribution in [-0.2, 0) is 20.9 Å². The van der Waals surface area contributed by atoms with Crippen LogP contribution in [0.5, 0.6) is 0 Å². The summed E-state index contributed by atoms with van der Waals surface area (Å²) in [6.45, 7) is 1.62. The summed E-state index contributed by atoms with van der Waals surface area (Å²) in [6.07, 6.45) is -1.08. The Morgan fingerprint density at radius 2 is 1.93 bits per heavy atom. The van der Waals surface area contributed by atoms with Crippen molar-refractivity contribution in [3.05, 3.63) is 63.8 Å². The largest absolute Gasteiger partial charge is 0.449 e. The molecule has 3 aromatic rings. The maximum absolute atomic E-state index is 12.6. The van der Waals surface area contributed by atoms with E-state index in [4.69, 9.17) is 37.1 Å². The van der Waals surface area contributed by atoms with Crippen LogP contribution < -0.4 is 5.32 Å². The molecule has 1 N–H and O–H groups in total. The number of nitrogens with one attached hydrogen (secondary N) is 1. The molecule has 0 radical (unpaired) electrons. The minimum absolute atomic E-state index is 0.00669. The summed E-state index contributed by atoms with van der Waals surface area (Å²) in [4.78, 5) is 25.0. The van der Waals surface area contributed by atoms with Crippen LogP contribution in [0.15, 0.2) is 46.9 Å². The first-order valence-electron chi connectivity index (χ1n) is 8.37. The average molecular weight is 422 g/mol. The summed E-state index contributed by atoms with van der Waals surface area (Å²) in [5, 5.41) is 4.07. The third kappa shape index (κ3) is 4.30. The van der Waals surface area contributed by atoms with Gasteiger partial charge in [0.1, 0.15) is 5.58 Å². The molecule has 0 aliphatic carbocycles. The molecule has 6 nitrogen and oxygen atoms in total. The normalized spacial score (nSPS) is 12.0. The molecule has 0 saturated heterocycles. The molecule has 1 heterocycles. The van der Waals surface area contributed by atoms with Crippen LogP contribution in [0, 0.1) is 0 Å². The van der Waals surface area contributed by atoms with E-state index >= 15 is 0 Å². The Hall–Kier alpha value is -2.54. The lowest BCUT2D eigenvalue weighted by Crippen LogP contribution is -2.30. The molecule has 1 atom stereocenters. The Bertz CT molecular complexity index is 1030. The lowest BCUT2D eigenvalue weighted by atomic mass is 10.1. The molecule has 0 saturated carbocycles. The van der Waals surface area contributed by atoms with Gasteiger partial charge in [-0.1, -0.05) is 41.4 Å². The summed E-state index contributed by atoms with van der Waals surface area (Å²) < 4.78 is 16.1. The number of fused-ring (bicyclic) bond motifs is 1. The molecular formula is C20H17Cl2NO5. The molecule has 1 amide bonds. The third-order valence-electron chi connectivity index (χ3n) is 4.01. The SMILES string of the molecule is COCc1c(C(=O)OC(C)C(=O)Nc2ccc(Cl)cc2Cl)oc2ccccc12. The summed E-state index contributed by atoms with van der Waals surface area (Å²) in [6, 6.07) is 11.8.